The fourth-order valence-corrected chi connectivity index (χ4v) is 3.83. The van der Waals surface area contributed by atoms with Gasteiger partial charge in [-0.2, -0.15) is 5.26 Å². The summed E-state index contributed by atoms with van der Waals surface area (Å²) in [6.45, 7) is 4.11. The van der Waals surface area contributed by atoms with Crippen molar-refractivity contribution in [2.75, 3.05) is 12.3 Å². The maximum absolute atomic E-state index is 12.3. The topological polar surface area (TPSA) is 76.1 Å². The Morgan fingerprint density at radius 2 is 2.33 bits per heavy atom. The number of nitrogen functional groups attached to an aromatic ring is 1. The van der Waals surface area contributed by atoms with Gasteiger partial charge in [0.15, 0.2) is 0 Å². The van der Waals surface area contributed by atoms with E-state index in [-0.39, 0.29) is 5.97 Å². The van der Waals surface area contributed by atoms with Crippen LogP contribution in [0.1, 0.15) is 42.7 Å². The highest BCUT2D eigenvalue weighted by Crippen LogP contribution is 2.49. The molecule has 2 rings (SSSR count). The molecule has 1 aromatic heterocycles. The van der Waals surface area contributed by atoms with E-state index in [0.29, 0.717) is 23.6 Å². The molecular weight excluding hydrogens is 248 g/mol. The normalized spacial score (nSPS) is 21.4. The second-order valence-electron chi connectivity index (χ2n) is 4.41. The first-order valence-electron chi connectivity index (χ1n) is 6.09. The molecule has 1 aliphatic carbocycles. The lowest BCUT2D eigenvalue weighted by Gasteiger charge is -2.26. The third kappa shape index (κ3) is 1.60. The van der Waals surface area contributed by atoms with Crippen molar-refractivity contribution in [3.8, 4) is 6.07 Å². The minimum Gasteiger partial charge on any atom is -0.465 e. The molecule has 0 amide bonds. The van der Waals surface area contributed by atoms with Gasteiger partial charge in [0, 0.05) is 10.4 Å². The van der Waals surface area contributed by atoms with Gasteiger partial charge in [-0.1, -0.05) is 6.92 Å². The number of rotatable bonds is 3. The summed E-state index contributed by atoms with van der Waals surface area (Å²) in [4.78, 5) is 13.3. The highest BCUT2D eigenvalue weighted by molar-refractivity contribution is 7.16. The number of hydrogen-bond acceptors (Lipinski definition) is 5. The molecule has 0 bridgehead atoms. The molecule has 0 aliphatic heterocycles. The molecule has 5 heteroatoms. The predicted molar refractivity (Wildman–Crippen MR) is 70.4 cm³/mol. The summed E-state index contributed by atoms with van der Waals surface area (Å²) in [5.74, 6) is -0.222. The zero-order chi connectivity index (χ0) is 13.3. The second-order valence-corrected chi connectivity index (χ2v) is 5.54. The Morgan fingerprint density at radius 1 is 1.61 bits per heavy atom. The number of hydrogen-bond donors (Lipinski definition) is 1. The molecule has 96 valence electrons. The van der Waals surface area contributed by atoms with Crippen LogP contribution in [0.15, 0.2) is 0 Å². The number of anilines is 1. The van der Waals surface area contributed by atoms with Gasteiger partial charge < -0.3 is 10.5 Å². The first-order valence-corrected chi connectivity index (χ1v) is 6.91. The van der Waals surface area contributed by atoms with E-state index in [1.165, 1.54) is 11.3 Å². The number of nitriles is 1. The number of nitrogens with two attached hydrogens (primary N) is 1. The summed E-state index contributed by atoms with van der Waals surface area (Å²) in [6.07, 6.45) is 2.17. The molecule has 0 saturated heterocycles. The van der Waals surface area contributed by atoms with Crippen molar-refractivity contribution >= 4 is 22.3 Å². The number of esters is 1. The van der Waals surface area contributed by atoms with Crippen LogP contribution in [0.3, 0.4) is 0 Å². The summed E-state index contributed by atoms with van der Waals surface area (Å²) in [6, 6.07) is 2.14. The van der Waals surface area contributed by atoms with E-state index in [0.717, 1.165) is 23.3 Å². The van der Waals surface area contributed by atoms with Gasteiger partial charge in [0.2, 0.25) is 0 Å². The summed E-state index contributed by atoms with van der Waals surface area (Å²) in [5.41, 5.74) is 6.50. The van der Waals surface area contributed by atoms with Crippen LogP contribution in [-0.2, 0) is 21.4 Å². The average Bonchev–Trinajstić information content (AvgIpc) is 2.85. The Morgan fingerprint density at radius 3 is 2.89 bits per heavy atom. The van der Waals surface area contributed by atoms with E-state index >= 15 is 0 Å². The van der Waals surface area contributed by atoms with Gasteiger partial charge in [-0.25, -0.2) is 0 Å². The smallest absolute Gasteiger partial charge is 0.316 e. The largest absolute Gasteiger partial charge is 0.465 e. The van der Waals surface area contributed by atoms with Crippen molar-refractivity contribution in [2.24, 2.45) is 0 Å². The summed E-state index contributed by atoms with van der Waals surface area (Å²) in [5, 5.41) is 9.75. The lowest BCUT2D eigenvalue weighted by atomic mass is 9.78. The number of aryl methyl sites for hydroxylation is 1. The van der Waals surface area contributed by atoms with Gasteiger partial charge in [-0.15, -0.1) is 11.3 Å². The van der Waals surface area contributed by atoms with E-state index in [4.69, 9.17) is 10.5 Å². The zero-order valence-electron chi connectivity index (χ0n) is 10.6. The lowest BCUT2D eigenvalue weighted by Crippen LogP contribution is -2.35. The first-order chi connectivity index (χ1) is 8.60. The number of nitrogens with zero attached hydrogens (tertiary/aromatic N) is 1. The first kappa shape index (κ1) is 12.9. The van der Waals surface area contributed by atoms with Crippen molar-refractivity contribution in [1.29, 1.82) is 5.26 Å². The molecule has 2 N–H and O–H groups in total. The Kier molecular flexibility index (Phi) is 3.31. The Labute approximate surface area is 110 Å². The van der Waals surface area contributed by atoms with Crippen molar-refractivity contribution in [3.63, 3.8) is 0 Å². The van der Waals surface area contributed by atoms with Crippen LogP contribution in [0.4, 0.5) is 5.00 Å². The van der Waals surface area contributed by atoms with Crippen LogP contribution < -0.4 is 5.73 Å². The molecule has 0 spiro atoms. The van der Waals surface area contributed by atoms with Gasteiger partial charge in [-0.05, 0) is 26.2 Å². The average molecular weight is 264 g/mol. The molecular formula is C13H16N2O2S. The molecule has 1 unspecified atom stereocenters. The number of carbonyl (C=O) groups is 1. The zero-order valence-corrected chi connectivity index (χ0v) is 11.4. The van der Waals surface area contributed by atoms with Gasteiger partial charge in [0.05, 0.1) is 17.6 Å². The Bertz CT molecular complexity index is 530. The van der Waals surface area contributed by atoms with Crippen LogP contribution >= 0.6 is 11.3 Å². The van der Waals surface area contributed by atoms with E-state index in [9.17, 15) is 10.1 Å². The molecule has 0 fully saturated rings. The number of ether oxygens (including phenoxy) is 1. The molecule has 1 atom stereocenters. The standard InChI is InChI=1S/C13H16N2O2S/c1-3-13(12(16)17-4-2)6-5-9-10(13)8(7-14)11(15)18-9/h3-6,15H2,1-2H3. The fourth-order valence-electron chi connectivity index (χ4n) is 2.71. The SMILES string of the molecule is CCOC(=O)C1(CC)CCc2sc(N)c(C#N)c21. The minimum atomic E-state index is -0.662. The highest BCUT2D eigenvalue weighted by Gasteiger charge is 2.48. The molecule has 1 heterocycles. The molecule has 0 radical (unpaired) electrons. The monoisotopic (exact) mass is 264 g/mol. The van der Waals surface area contributed by atoms with Crippen LogP contribution in [0.2, 0.25) is 0 Å². The summed E-state index contributed by atoms with van der Waals surface area (Å²) < 4.78 is 5.20. The maximum atomic E-state index is 12.3. The lowest BCUT2D eigenvalue weighted by molar-refractivity contribution is -0.150. The third-order valence-corrected chi connectivity index (χ3v) is 4.73. The number of thiophene rings is 1. The van der Waals surface area contributed by atoms with E-state index < -0.39 is 5.41 Å². The van der Waals surface area contributed by atoms with Crippen molar-refractivity contribution in [1.82, 2.24) is 0 Å². The molecule has 4 nitrogen and oxygen atoms in total. The van der Waals surface area contributed by atoms with Gasteiger partial charge in [0.1, 0.15) is 11.1 Å². The molecule has 1 aliphatic rings. The van der Waals surface area contributed by atoms with Crippen LogP contribution in [0, 0.1) is 11.3 Å². The van der Waals surface area contributed by atoms with Crippen LogP contribution in [-0.4, -0.2) is 12.6 Å². The van der Waals surface area contributed by atoms with Crippen molar-refractivity contribution in [2.45, 2.75) is 38.5 Å². The van der Waals surface area contributed by atoms with Gasteiger partial charge in [0.25, 0.3) is 0 Å². The van der Waals surface area contributed by atoms with E-state index in [1.54, 1.807) is 6.92 Å². The highest BCUT2D eigenvalue weighted by atomic mass is 32.1. The number of carbonyl (C=O) groups excluding carboxylic acids is 1. The summed E-state index contributed by atoms with van der Waals surface area (Å²) >= 11 is 1.43. The van der Waals surface area contributed by atoms with Crippen molar-refractivity contribution < 1.29 is 9.53 Å². The quantitative estimate of drug-likeness (QED) is 0.850. The van der Waals surface area contributed by atoms with E-state index in [1.807, 2.05) is 6.92 Å². The van der Waals surface area contributed by atoms with Gasteiger partial charge >= 0.3 is 5.97 Å². The molecule has 18 heavy (non-hydrogen) atoms. The Hall–Kier alpha value is -1.54. The van der Waals surface area contributed by atoms with Crippen LogP contribution in [0.5, 0.6) is 0 Å². The summed E-state index contributed by atoms with van der Waals surface area (Å²) in [7, 11) is 0. The van der Waals surface area contributed by atoms with Crippen molar-refractivity contribution in [3.05, 3.63) is 16.0 Å². The second kappa shape index (κ2) is 4.62. The van der Waals surface area contributed by atoms with Gasteiger partial charge in [-0.3, -0.25) is 4.79 Å². The molecule has 0 aromatic carbocycles. The number of fused-ring (bicyclic) bond motifs is 1. The Balaban J connectivity index is 2.57. The molecule has 1 aromatic rings. The third-order valence-electron chi connectivity index (χ3n) is 3.65. The fraction of sp³-hybridized carbons (Fsp3) is 0.538. The molecule has 0 saturated carbocycles. The van der Waals surface area contributed by atoms with E-state index in [2.05, 4.69) is 6.07 Å². The predicted octanol–water partition coefficient (Wildman–Crippen LogP) is 2.36. The van der Waals surface area contributed by atoms with Crippen LogP contribution in [0.25, 0.3) is 0 Å². The maximum Gasteiger partial charge on any atom is 0.316 e. The minimum absolute atomic E-state index is 0.222.